The standard InChI is InChI=1S/C13H14Cl2N2O3/c14-8-5-7(6-9(15)10(8)16)11(18)17-13(12(19)20)3-1-2-4-13/h5-6H,1-4,16H2,(H,17,18)(H,19,20). The molecule has 1 aromatic carbocycles. The second-order valence-corrected chi connectivity index (χ2v) is 5.72. The number of nitrogens with one attached hydrogen (secondary N) is 1. The van der Waals surface area contributed by atoms with Crippen LogP contribution < -0.4 is 11.1 Å². The third-order valence-corrected chi connectivity index (χ3v) is 4.19. The maximum Gasteiger partial charge on any atom is 0.329 e. The summed E-state index contributed by atoms with van der Waals surface area (Å²) < 4.78 is 0. The van der Waals surface area contributed by atoms with Crippen LogP contribution in [0.4, 0.5) is 5.69 Å². The van der Waals surface area contributed by atoms with E-state index in [1.165, 1.54) is 12.1 Å². The number of carboxylic acid groups (broad SMARTS) is 1. The first-order valence-corrected chi connectivity index (χ1v) is 6.92. The smallest absolute Gasteiger partial charge is 0.329 e. The van der Waals surface area contributed by atoms with Crippen LogP contribution in [0, 0.1) is 0 Å². The molecule has 0 bridgehead atoms. The van der Waals surface area contributed by atoms with E-state index in [9.17, 15) is 14.7 Å². The fourth-order valence-electron chi connectivity index (χ4n) is 2.38. The molecule has 5 nitrogen and oxygen atoms in total. The second kappa shape index (κ2) is 5.50. The zero-order chi connectivity index (χ0) is 14.9. The first kappa shape index (κ1) is 14.9. The highest BCUT2D eigenvalue weighted by molar-refractivity contribution is 6.39. The number of nitrogen functional groups attached to an aromatic ring is 1. The van der Waals surface area contributed by atoms with Gasteiger partial charge in [0.15, 0.2) is 0 Å². The predicted octanol–water partition coefficient (Wildman–Crippen LogP) is 2.70. The summed E-state index contributed by atoms with van der Waals surface area (Å²) in [5.41, 5.74) is 4.79. The van der Waals surface area contributed by atoms with Gasteiger partial charge in [0.2, 0.25) is 0 Å². The van der Waals surface area contributed by atoms with Crippen molar-refractivity contribution in [2.75, 3.05) is 5.73 Å². The largest absolute Gasteiger partial charge is 0.480 e. The second-order valence-electron chi connectivity index (χ2n) is 4.90. The van der Waals surface area contributed by atoms with Gasteiger partial charge in [-0.15, -0.1) is 0 Å². The minimum atomic E-state index is -1.20. The van der Waals surface area contributed by atoms with Crippen molar-refractivity contribution in [1.29, 1.82) is 0 Å². The lowest BCUT2D eigenvalue weighted by Gasteiger charge is -2.25. The summed E-state index contributed by atoms with van der Waals surface area (Å²) in [6, 6.07) is 2.76. The van der Waals surface area contributed by atoms with Gasteiger partial charge < -0.3 is 16.2 Å². The van der Waals surface area contributed by atoms with E-state index in [0.717, 1.165) is 12.8 Å². The molecule has 0 atom stereocenters. The van der Waals surface area contributed by atoms with Gasteiger partial charge in [-0.1, -0.05) is 36.0 Å². The van der Waals surface area contributed by atoms with Crippen LogP contribution in [0.15, 0.2) is 12.1 Å². The van der Waals surface area contributed by atoms with Gasteiger partial charge in [0, 0.05) is 5.56 Å². The molecule has 0 saturated heterocycles. The van der Waals surface area contributed by atoms with Crippen LogP contribution in [0.25, 0.3) is 0 Å². The van der Waals surface area contributed by atoms with Crippen molar-refractivity contribution in [3.63, 3.8) is 0 Å². The van der Waals surface area contributed by atoms with Crippen LogP contribution in [-0.4, -0.2) is 22.5 Å². The molecule has 0 aromatic heterocycles. The Balaban J connectivity index is 2.26. The van der Waals surface area contributed by atoms with Gasteiger partial charge in [0.1, 0.15) is 5.54 Å². The molecule has 108 valence electrons. The van der Waals surface area contributed by atoms with E-state index in [4.69, 9.17) is 28.9 Å². The molecule has 20 heavy (non-hydrogen) atoms. The molecule has 1 aromatic rings. The van der Waals surface area contributed by atoms with Crippen molar-refractivity contribution in [2.45, 2.75) is 31.2 Å². The molecule has 7 heteroatoms. The van der Waals surface area contributed by atoms with E-state index < -0.39 is 17.4 Å². The average molecular weight is 317 g/mol. The van der Waals surface area contributed by atoms with Gasteiger partial charge >= 0.3 is 5.97 Å². The van der Waals surface area contributed by atoms with Crippen molar-refractivity contribution in [3.05, 3.63) is 27.7 Å². The maximum absolute atomic E-state index is 12.2. The Hall–Kier alpha value is -1.46. The number of hydrogen-bond donors (Lipinski definition) is 3. The number of rotatable bonds is 3. The number of carboxylic acids is 1. The summed E-state index contributed by atoms with van der Waals surface area (Å²) >= 11 is 11.7. The van der Waals surface area contributed by atoms with E-state index in [1.54, 1.807) is 0 Å². The Bertz CT molecular complexity index is 546. The Labute approximate surface area is 126 Å². The van der Waals surface area contributed by atoms with Gasteiger partial charge in [-0.2, -0.15) is 0 Å². The highest BCUT2D eigenvalue weighted by Gasteiger charge is 2.42. The van der Waals surface area contributed by atoms with Crippen LogP contribution in [-0.2, 0) is 4.79 Å². The Kier molecular flexibility index (Phi) is 4.11. The minimum Gasteiger partial charge on any atom is -0.480 e. The SMILES string of the molecule is Nc1c(Cl)cc(C(=O)NC2(C(=O)O)CCCC2)cc1Cl. The summed E-state index contributed by atoms with van der Waals surface area (Å²) in [6.07, 6.45) is 2.39. The van der Waals surface area contributed by atoms with E-state index >= 15 is 0 Å². The number of nitrogens with two attached hydrogens (primary N) is 1. The highest BCUT2D eigenvalue weighted by Crippen LogP contribution is 2.32. The van der Waals surface area contributed by atoms with Gasteiger partial charge in [0.05, 0.1) is 15.7 Å². The zero-order valence-electron chi connectivity index (χ0n) is 10.6. The Morgan fingerprint density at radius 2 is 1.70 bits per heavy atom. The molecule has 1 fully saturated rings. The molecule has 1 amide bonds. The molecule has 0 heterocycles. The Morgan fingerprint density at radius 1 is 1.20 bits per heavy atom. The first-order chi connectivity index (χ1) is 9.35. The lowest BCUT2D eigenvalue weighted by atomic mass is 9.97. The van der Waals surface area contributed by atoms with Crippen molar-refractivity contribution in [3.8, 4) is 0 Å². The van der Waals surface area contributed by atoms with Crippen molar-refractivity contribution < 1.29 is 14.7 Å². The summed E-state index contributed by atoms with van der Waals surface area (Å²) in [6.45, 7) is 0. The van der Waals surface area contributed by atoms with E-state index in [0.29, 0.717) is 12.8 Å². The van der Waals surface area contributed by atoms with Gasteiger partial charge in [-0.3, -0.25) is 4.79 Å². The predicted molar refractivity (Wildman–Crippen MR) is 77.2 cm³/mol. The average Bonchev–Trinajstić information content (AvgIpc) is 2.85. The molecular weight excluding hydrogens is 303 g/mol. The van der Waals surface area contributed by atoms with E-state index in [-0.39, 0.29) is 21.3 Å². The molecule has 0 radical (unpaired) electrons. The molecular formula is C13H14Cl2N2O3. The molecule has 0 unspecified atom stereocenters. The Morgan fingerprint density at radius 3 is 2.15 bits per heavy atom. The number of carbonyl (C=O) groups excluding carboxylic acids is 1. The third kappa shape index (κ3) is 2.69. The van der Waals surface area contributed by atoms with Gasteiger partial charge in [-0.05, 0) is 25.0 Å². The summed E-state index contributed by atoms with van der Waals surface area (Å²) in [4.78, 5) is 23.6. The monoisotopic (exact) mass is 316 g/mol. The van der Waals surface area contributed by atoms with Crippen LogP contribution in [0.2, 0.25) is 10.0 Å². The molecule has 4 N–H and O–H groups in total. The normalized spacial score (nSPS) is 16.9. The van der Waals surface area contributed by atoms with Crippen molar-refractivity contribution in [1.82, 2.24) is 5.32 Å². The first-order valence-electron chi connectivity index (χ1n) is 6.16. The molecule has 1 saturated carbocycles. The molecule has 0 aliphatic heterocycles. The van der Waals surface area contributed by atoms with E-state index in [2.05, 4.69) is 5.32 Å². The zero-order valence-corrected chi connectivity index (χ0v) is 12.1. The number of hydrogen-bond acceptors (Lipinski definition) is 3. The van der Waals surface area contributed by atoms with Crippen molar-refractivity contribution >= 4 is 40.8 Å². The van der Waals surface area contributed by atoms with E-state index in [1.807, 2.05) is 0 Å². The number of anilines is 1. The molecule has 1 aliphatic rings. The lowest BCUT2D eigenvalue weighted by molar-refractivity contribution is -0.144. The van der Waals surface area contributed by atoms with Gasteiger partial charge in [0.25, 0.3) is 5.91 Å². The minimum absolute atomic E-state index is 0.165. The number of amides is 1. The molecule has 2 rings (SSSR count). The molecule has 1 aliphatic carbocycles. The quantitative estimate of drug-likeness (QED) is 0.747. The summed E-state index contributed by atoms with van der Waals surface area (Å²) in [7, 11) is 0. The van der Waals surface area contributed by atoms with Crippen LogP contribution in [0.5, 0.6) is 0 Å². The number of aliphatic carboxylic acids is 1. The fourth-order valence-corrected chi connectivity index (χ4v) is 2.86. The number of carbonyl (C=O) groups is 2. The summed E-state index contributed by atoms with van der Waals surface area (Å²) in [5.74, 6) is -1.53. The van der Waals surface area contributed by atoms with Crippen molar-refractivity contribution in [2.24, 2.45) is 0 Å². The highest BCUT2D eigenvalue weighted by atomic mass is 35.5. The molecule has 0 spiro atoms. The van der Waals surface area contributed by atoms with Crippen LogP contribution >= 0.6 is 23.2 Å². The fraction of sp³-hybridized carbons (Fsp3) is 0.385. The maximum atomic E-state index is 12.2. The third-order valence-electron chi connectivity index (χ3n) is 3.56. The summed E-state index contributed by atoms with van der Waals surface area (Å²) in [5, 5.41) is 12.2. The van der Waals surface area contributed by atoms with Crippen LogP contribution in [0.3, 0.4) is 0 Å². The number of benzene rings is 1. The van der Waals surface area contributed by atoms with Crippen LogP contribution in [0.1, 0.15) is 36.0 Å². The lowest BCUT2D eigenvalue weighted by Crippen LogP contribution is -2.52. The van der Waals surface area contributed by atoms with Gasteiger partial charge in [-0.25, -0.2) is 4.79 Å². The topological polar surface area (TPSA) is 92.4 Å². The number of halogens is 2.